The number of carbonyl (C=O) groups is 1. The van der Waals surface area contributed by atoms with Crippen LogP contribution in [-0.2, 0) is 11.2 Å². The molecule has 1 amide bonds. The summed E-state index contributed by atoms with van der Waals surface area (Å²) in [5.41, 5.74) is 1.58. The number of aryl methyl sites for hydroxylation is 1. The Morgan fingerprint density at radius 1 is 1.08 bits per heavy atom. The maximum Gasteiger partial charge on any atom is 0.224 e. The number of carbonyl (C=O) groups excluding carboxylic acids is 1. The van der Waals surface area contributed by atoms with Crippen LogP contribution in [-0.4, -0.2) is 13.0 Å². The number of amides is 1. The van der Waals surface area contributed by atoms with E-state index in [-0.39, 0.29) is 5.91 Å². The zero-order valence-corrected chi connectivity index (χ0v) is 14.5. The molecule has 0 fully saturated rings. The number of halogens is 1. The molecule has 0 unspecified atom stereocenters. The molecule has 0 saturated heterocycles. The lowest BCUT2D eigenvalue weighted by Gasteiger charge is -2.06. The van der Waals surface area contributed by atoms with E-state index in [0.717, 1.165) is 22.8 Å². The summed E-state index contributed by atoms with van der Waals surface area (Å²) in [4.78, 5) is 12.1. The first-order valence-electron chi connectivity index (χ1n) is 7.93. The van der Waals surface area contributed by atoms with Crippen LogP contribution in [0.25, 0.3) is 11.3 Å². The average Bonchev–Trinajstić information content (AvgIpc) is 3.11. The lowest BCUT2D eigenvalue weighted by Crippen LogP contribution is -2.12. The minimum Gasteiger partial charge on any atom is -0.497 e. The van der Waals surface area contributed by atoms with Crippen LogP contribution in [0.5, 0.6) is 5.75 Å². The van der Waals surface area contributed by atoms with Crippen LogP contribution in [0, 0.1) is 0 Å². The van der Waals surface area contributed by atoms with Gasteiger partial charge in [-0.1, -0.05) is 23.7 Å². The summed E-state index contributed by atoms with van der Waals surface area (Å²) in [6.07, 6.45) is 0.841. The molecule has 5 heteroatoms. The van der Waals surface area contributed by atoms with E-state index in [9.17, 15) is 4.79 Å². The molecule has 0 bridgehead atoms. The number of rotatable bonds is 6. The molecule has 0 spiro atoms. The number of anilines is 1. The second-order valence-electron chi connectivity index (χ2n) is 5.52. The highest BCUT2D eigenvalue weighted by molar-refractivity contribution is 6.33. The number of methoxy groups -OCH3 is 1. The van der Waals surface area contributed by atoms with Gasteiger partial charge in [0.1, 0.15) is 17.3 Å². The van der Waals surface area contributed by atoms with E-state index in [1.807, 2.05) is 48.5 Å². The number of ether oxygens (including phenoxy) is 1. The molecule has 0 aliphatic heterocycles. The topological polar surface area (TPSA) is 51.5 Å². The normalized spacial score (nSPS) is 10.5. The third-order valence-electron chi connectivity index (χ3n) is 3.78. The van der Waals surface area contributed by atoms with Crippen molar-refractivity contribution in [1.29, 1.82) is 0 Å². The molecule has 3 rings (SSSR count). The molecule has 1 heterocycles. The van der Waals surface area contributed by atoms with Crippen molar-refractivity contribution >= 4 is 23.2 Å². The van der Waals surface area contributed by atoms with Crippen LogP contribution in [0.1, 0.15) is 12.2 Å². The van der Waals surface area contributed by atoms with Crippen LogP contribution in [0.15, 0.2) is 65.1 Å². The summed E-state index contributed by atoms with van der Waals surface area (Å²) in [5.74, 6) is 2.23. The van der Waals surface area contributed by atoms with Crippen LogP contribution >= 0.6 is 11.6 Å². The molecule has 2 aromatic carbocycles. The fourth-order valence-corrected chi connectivity index (χ4v) is 2.62. The van der Waals surface area contributed by atoms with Crippen LogP contribution in [0.4, 0.5) is 5.69 Å². The van der Waals surface area contributed by atoms with Crippen LogP contribution in [0.3, 0.4) is 0 Å². The Hall–Kier alpha value is -2.72. The number of hydrogen-bond acceptors (Lipinski definition) is 3. The molecule has 0 saturated carbocycles. The number of para-hydroxylation sites is 1. The average molecular weight is 356 g/mol. The summed E-state index contributed by atoms with van der Waals surface area (Å²) < 4.78 is 11.0. The zero-order chi connectivity index (χ0) is 17.6. The van der Waals surface area contributed by atoms with Crippen molar-refractivity contribution in [2.75, 3.05) is 12.4 Å². The molecule has 4 nitrogen and oxygen atoms in total. The Kier molecular flexibility index (Phi) is 5.41. The molecule has 128 valence electrons. The molecule has 3 aromatic rings. The third kappa shape index (κ3) is 4.43. The van der Waals surface area contributed by atoms with E-state index in [4.69, 9.17) is 20.8 Å². The van der Waals surface area contributed by atoms with Gasteiger partial charge in [0.15, 0.2) is 0 Å². The van der Waals surface area contributed by atoms with E-state index < -0.39 is 0 Å². The Balaban J connectivity index is 1.58. The van der Waals surface area contributed by atoms with Gasteiger partial charge in [0.2, 0.25) is 5.91 Å². The van der Waals surface area contributed by atoms with Crippen LogP contribution < -0.4 is 10.1 Å². The van der Waals surface area contributed by atoms with E-state index in [1.54, 1.807) is 19.2 Å². The molecule has 0 radical (unpaired) electrons. The lowest BCUT2D eigenvalue weighted by molar-refractivity contribution is -0.116. The zero-order valence-electron chi connectivity index (χ0n) is 13.8. The number of benzene rings is 2. The Bertz CT molecular complexity index is 855. The second kappa shape index (κ2) is 7.90. The molecule has 25 heavy (non-hydrogen) atoms. The molecule has 0 aliphatic rings. The summed E-state index contributed by atoms with van der Waals surface area (Å²) in [6.45, 7) is 0. The maximum atomic E-state index is 12.1. The quantitative estimate of drug-likeness (QED) is 0.662. The fourth-order valence-electron chi connectivity index (χ4n) is 2.43. The number of nitrogens with one attached hydrogen (secondary N) is 1. The van der Waals surface area contributed by atoms with Gasteiger partial charge < -0.3 is 14.5 Å². The minimum atomic E-state index is -0.101. The van der Waals surface area contributed by atoms with Gasteiger partial charge in [-0.3, -0.25) is 4.79 Å². The Morgan fingerprint density at radius 3 is 2.56 bits per heavy atom. The van der Waals surface area contributed by atoms with Gasteiger partial charge in [0, 0.05) is 18.4 Å². The van der Waals surface area contributed by atoms with Crippen molar-refractivity contribution in [2.24, 2.45) is 0 Å². The Morgan fingerprint density at radius 2 is 1.84 bits per heavy atom. The van der Waals surface area contributed by atoms with Gasteiger partial charge in [0.05, 0.1) is 17.8 Å². The highest BCUT2D eigenvalue weighted by Gasteiger charge is 2.09. The molecular weight excluding hydrogens is 338 g/mol. The summed E-state index contributed by atoms with van der Waals surface area (Å²) in [7, 11) is 1.63. The van der Waals surface area contributed by atoms with E-state index in [1.165, 1.54) is 0 Å². The lowest BCUT2D eigenvalue weighted by atomic mass is 10.2. The van der Waals surface area contributed by atoms with Gasteiger partial charge in [-0.15, -0.1) is 0 Å². The van der Waals surface area contributed by atoms with E-state index >= 15 is 0 Å². The molecule has 0 atom stereocenters. The molecule has 1 N–H and O–H groups in total. The van der Waals surface area contributed by atoms with Gasteiger partial charge in [-0.05, 0) is 48.5 Å². The maximum absolute atomic E-state index is 12.1. The third-order valence-corrected chi connectivity index (χ3v) is 4.11. The smallest absolute Gasteiger partial charge is 0.224 e. The van der Waals surface area contributed by atoms with Crippen molar-refractivity contribution in [2.45, 2.75) is 12.8 Å². The fraction of sp³-hybridized carbons (Fsp3) is 0.150. The monoisotopic (exact) mass is 355 g/mol. The van der Waals surface area contributed by atoms with Crippen LogP contribution in [0.2, 0.25) is 5.02 Å². The second-order valence-corrected chi connectivity index (χ2v) is 5.93. The van der Waals surface area contributed by atoms with Crippen molar-refractivity contribution in [3.63, 3.8) is 0 Å². The van der Waals surface area contributed by atoms with Gasteiger partial charge in [-0.25, -0.2) is 0 Å². The van der Waals surface area contributed by atoms with Crippen molar-refractivity contribution in [3.8, 4) is 17.1 Å². The van der Waals surface area contributed by atoms with Gasteiger partial charge in [-0.2, -0.15) is 0 Å². The largest absolute Gasteiger partial charge is 0.497 e. The van der Waals surface area contributed by atoms with Crippen molar-refractivity contribution in [3.05, 3.63) is 71.4 Å². The number of hydrogen-bond donors (Lipinski definition) is 1. The Labute approximate surface area is 151 Å². The van der Waals surface area contributed by atoms with Crippen molar-refractivity contribution in [1.82, 2.24) is 0 Å². The summed E-state index contributed by atoms with van der Waals surface area (Å²) in [6, 6.07) is 18.6. The number of furan rings is 1. The molecular formula is C20H18ClNO3. The van der Waals surface area contributed by atoms with Gasteiger partial charge >= 0.3 is 0 Å². The first-order chi connectivity index (χ1) is 12.2. The highest BCUT2D eigenvalue weighted by atomic mass is 35.5. The highest BCUT2D eigenvalue weighted by Crippen LogP contribution is 2.25. The standard InChI is InChI=1S/C20H18ClNO3/c1-24-15-8-6-14(7-9-15)19-12-10-16(25-19)11-13-20(23)22-18-5-3-2-4-17(18)21/h2-10,12H,11,13H2,1H3,(H,22,23). The molecule has 0 aliphatic carbocycles. The first kappa shape index (κ1) is 17.1. The molecule has 1 aromatic heterocycles. The predicted octanol–water partition coefficient (Wildman–Crippen LogP) is 5.18. The minimum absolute atomic E-state index is 0.101. The van der Waals surface area contributed by atoms with E-state index in [0.29, 0.717) is 23.6 Å². The predicted molar refractivity (Wildman–Crippen MR) is 99.1 cm³/mol. The summed E-state index contributed by atoms with van der Waals surface area (Å²) in [5, 5.41) is 3.33. The van der Waals surface area contributed by atoms with E-state index in [2.05, 4.69) is 5.32 Å². The SMILES string of the molecule is COc1ccc(-c2ccc(CCC(=O)Nc3ccccc3Cl)o2)cc1. The van der Waals surface area contributed by atoms with Crippen molar-refractivity contribution < 1.29 is 13.9 Å². The first-order valence-corrected chi connectivity index (χ1v) is 8.31. The summed E-state index contributed by atoms with van der Waals surface area (Å²) >= 11 is 6.04. The van der Waals surface area contributed by atoms with Gasteiger partial charge in [0.25, 0.3) is 0 Å².